The molecule has 1 amide bonds. The molecule has 4 rings (SSSR count). The number of rotatable bonds is 5. The molecule has 2 heterocycles. The van der Waals surface area contributed by atoms with Crippen molar-refractivity contribution < 1.29 is 9.53 Å². The third-order valence-corrected chi connectivity index (χ3v) is 6.41. The molecule has 2 atom stereocenters. The van der Waals surface area contributed by atoms with Crippen molar-refractivity contribution in [2.75, 3.05) is 17.9 Å². The Balaban J connectivity index is 1.69. The number of ether oxygens (including phenoxy) is 1. The summed E-state index contributed by atoms with van der Waals surface area (Å²) < 4.78 is 7.12. The van der Waals surface area contributed by atoms with E-state index in [0.29, 0.717) is 15.9 Å². The van der Waals surface area contributed by atoms with Gasteiger partial charge in [0, 0.05) is 12.1 Å². The van der Waals surface area contributed by atoms with Crippen LogP contribution in [0.3, 0.4) is 0 Å². The van der Waals surface area contributed by atoms with Crippen LogP contribution in [0.25, 0.3) is 0 Å². The first-order valence-electron chi connectivity index (χ1n) is 9.58. The van der Waals surface area contributed by atoms with Crippen molar-refractivity contribution in [3.8, 4) is 5.75 Å². The lowest BCUT2D eigenvalue weighted by molar-refractivity contribution is -0.116. The Kier molecular flexibility index (Phi) is 5.87. The summed E-state index contributed by atoms with van der Waals surface area (Å²) in [6.45, 7) is 4.00. The van der Waals surface area contributed by atoms with E-state index in [1.807, 2.05) is 61.0 Å². The molecule has 7 nitrogen and oxygen atoms in total. The highest BCUT2D eigenvalue weighted by Gasteiger charge is 2.38. The minimum atomic E-state index is -0.476. The second kappa shape index (κ2) is 8.57. The third-order valence-electron chi connectivity index (χ3n) is 4.90. The maximum Gasteiger partial charge on any atom is 0.240 e. The van der Waals surface area contributed by atoms with Crippen molar-refractivity contribution in [2.45, 2.75) is 36.7 Å². The fourth-order valence-corrected chi connectivity index (χ4v) is 4.75. The van der Waals surface area contributed by atoms with E-state index in [4.69, 9.17) is 16.3 Å². The van der Waals surface area contributed by atoms with Gasteiger partial charge in [-0.3, -0.25) is 4.79 Å². The van der Waals surface area contributed by atoms with Crippen LogP contribution in [0.2, 0.25) is 5.02 Å². The number of anilines is 1. The van der Waals surface area contributed by atoms with Gasteiger partial charge in [-0.25, -0.2) is 4.68 Å². The Bertz CT molecular complexity index is 1090. The van der Waals surface area contributed by atoms with Gasteiger partial charge < -0.3 is 15.5 Å². The number of fused-ring (bicyclic) bond motifs is 1. The summed E-state index contributed by atoms with van der Waals surface area (Å²) in [6, 6.07) is 12.9. The fraction of sp³-hybridized carbons (Fsp3) is 0.286. The Morgan fingerprint density at radius 1 is 1.30 bits per heavy atom. The van der Waals surface area contributed by atoms with Crippen LogP contribution in [0.15, 0.2) is 47.6 Å². The van der Waals surface area contributed by atoms with Gasteiger partial charge in [-0.05, 0) is 42.3 Å². The van der Waals surface area contributed by atoms with E-state index in [0.717, 1.165) is 29.1 Å². The molecule has 0 spiro atoms. The number of nitrogens with zero attached hydrogens (tertiary/aromatic N) is 3. The minimum absolute atomic E-state index is 0.123. The lowest BCUT2D eigenvalue weighted by Gasteiger charge is -2.33. The van der Waals surface area contributed by atoms with Crippen molar-refractivity contribution in [2.24, 2.45) is 0 Å². The summed E-state index contributed by atoms with van der Waals surface area (Å²) in [4.78, 5) is 13.3. The number of halogens is 1. The van der Waals surface area contributed by atoms with Gasteiger partial charge >= 0.3 is 0 Å². The van der Waals surface area contributed by atoms with Gasteiger partial charge in [-0.2, -0.15) is 0 Å². The Labute approximate surface area is 184 Å². The summed E-state index contributed by atoms with van der Waals surface area (Å²) >= 11 is 7.75. The predicted molar refractivity (Wildman–Crippen MR) is 119 cm³/mol. The van der Waals surface area contributed by atoms with Crippen LogP contribution in [0.1, 0.15) is 29.9 Å². The zero-order valence-electron chi connectivity index (χ0n) is 16.8. The van der Waals surface area contributed by atoms with Gasteiger partial charge in [0.05, 0.1) is 18.2 Å². The number of carbonyl (C=O) groups is 1. The molecule has 2 N–H and O–H groups in total. The standard InChI is InChI=1S/C21H22ClN5O2S/c1-4-17-24-25-21-27(17)26-18(13-8-9-16(29-3)15(22)11-13)19(30-21)20(28)23-14-7-5-6-12(2)10-14/h5-11,18-19,26H,4H2,1-3H3,(H,23,28)/t18-,19-/m1/s1. The average molecular weight is 444 g/mol. The highest BCUT2D eigenvalue weighted by atomic mass is 35.5. The number of amides is 1. The van der Waals surface area contributed by atoms with E-state index in [1.54, 1.807) is 7.11 Å². The van der Waals surface area contributed by atoms with Crippen LogP contribution < -0.4 is 15.5 Å². The smallest absolute Gasteiger partial charge is 0.240 e. The van der Waals surface area contributed by atoms with E-state index in [9.17, 15) is 4.79 Å². The summed E-state index contributed by atoms with van der Waals surface area (Å²) in [5.74, 6) is 1.27. The first-order valence-corrected chi connectivity index (χ1v) is 10.8. The molecular formula is C21H22ClN5O2S. The van der Waals surface area contributed by atoms with Gasteiger partial charge in [-0.15, -0.1) is 10.2 Å². The Hall–Kier alpha value is -2.71. The number of thioether (sulfide) groups is 1. The maximum absolute atomic E-state index is 13.3. The summed E-state index contributed by atoms with van der Waals surface area (Å²) in [5.41, 5.74) is 6.13. The number of aryl methyl sites for hydroxylation is 2. The van der Waals surface area contributed by atoms with Crippen LogP contribution in [0.4, 0.5) is 5.69 Å². The van der Waals surface area contributed by atoms with E-state index in [2.05, 4.69) is 20.9 Å². The summed E-state index contributed by atoms with van der Waals surface area (Å²) in [5, 5.41) is 12.2. The molecule has 0 unspecified atom stereocenters. The largest absolute Gasteiger partial charge is 0.495 e. The number of nitrogens with one attached hydrogen (secondary N) is 2. The zero-order valence-corrected chi connectivity index (χ0v) is 18.4. The van der Waals surface area contributed by atoms with Crippen LogP contribution >= 0.6 is 23.4 Å². The van der Waals surface area contributed by atoms with Crippen LogP contribution in [-0.4, -0.2) is 33.1 Å². The number of aromatic nitrogens is 3. The van der Waals surface area contributed by atoms with E-state index in [1.165, 1.54) is 11.8 Å². The van der Waals surface area contributed by atoms with E-state index < -0.39 is 5.25 Å². The molecule has 0 saturated carbocycles. The quantitative estimate of drug-likeness (QED) is 0.614. The number of methoxy groups -OCH3 is 1. The van der Waals surface area contributed by atoms with Gasteiger partial charge in [0.2, 0.25) is 11.1 Å². The molecule has 1 aliphatic heterocycles. The number of carbonyl (C=O) groups excluding carboxylic acids is 1. The molecule has 2 aromatic carbocycles. The maximum atomic E-state index is 13.3. The number of hydrogen-bond acceptors (Lipinski definition) is 6. The van der Waals surface area contributed by atoms with Crippen molar-refractivity contribution in [1.82, 2.24) is 14.9 Å². The Morgan fingerprint density at radius 3 is 2.83 bits per heavy atom. The van der Waals surface area contributed by atoms with Crippen LogP contribution in [0.5, 0.6) is 5.75 Å². The molecule has 156 valence electrons. The van der Waals surface area contributed by atoms with Gasteiger partial charge in [0.25, 0.3) is 0 Å². The van der Waals surface area contributed by atoms with Crippen molar-refractivity contribution in [3.63, 3.8) is 0 Å². The Morgan fingerprint density at radius 2 is 2.13 bits per heavy atom. The van der Waals surface area contributed by atoms with Gasteiger partial charge in [0.15, 0.2) is 5.82 Å². The molecule has 0 bridgehead atoms. The van der Waals surface area contributed by atoms with Crippen molar-refractivity contribution in [1.29, 1.82) is 0 Å². The van der Waals surface area contributed by atoms with Crippen molar-refractivity contribution >= 4 is 35.0 Å². The molecule has 0 saturated heterocycles. The van der Waals surface area contributed by atoms with Crippen LogP contribution in [0, 0.1) is 6.92 Å². The normalized spacial score (nSPS) is 17.7. The summed E-state index contributed by atoms with van der Waals surface area (Å²) in [7, 11) is 1.57. The molecule has 30 heavy (non-hydrogen) atoms. The zero-order chi connectivity index (χ0) is 21.3. The van der Waals surface area contributed by atoms with Crippen molar-refractivity contribution in [3.05, 3.63) is 64.4 Å². The molecule has 0 radical (unpaired) electrons. The monoisotopic (exact) mass is 443 g/mol. The second-order valence-corrected chi connectivity index (χ2v) is 8.50. The second-order valence-electron chi connectivity index (χ2n) is 6.99. The molecule has 1 aliphatic rings. The topological polar surface area (TPSA) is 81.1 Å². The van der Waals surface area contributed by atoms with Gasteiger partial charge in [-0.1, -0.05) is 48.5 Å². The summed E-state index contributed by atoms with van der Waals surface area (Å²) in [6.07, 6.45) is 0.719. The number of hydrogen-bond donors (Lipinski definition) is 2. The number of benzene rings is 2. The molecule has 0 aliphatic carbocycles. The average Bonchev–Trinajstić information content (AvgIpc) is 3.15. The molecule has 3 aromatic rings. The molecule has 9 heteroatoms. The lowest BCUT2D eigenvalue weighted by atomic mass is 10.0. The highest BCUT2D eigenvalue weighted by molar-refractivity contribution is 8.00. The molecule has 1 aromatic heterocycles. The molecular weight excluding hydrogens is 422 g/mol. The first kappa shape index (κ1) is 20.6. The SMILES string of the molecule is CCc1nnc2n1N[C@H](c1ccc(OC)c(Cl)c1)[C@H](C(=O)Nc1cccc(C)c1)S2. The van der Waals surface area contributed by atoms with Crippen LogP contribution in [-0.2, 0) is 11.2 Å². The first-order chi connectivity index (χ1) is 14.5. The lowest BCUT2D eigenvalue weighted by Crippen LogP contribution is -2.41. The van der Waals surface area contributed by atoms with E-state index >= 15 is 0 Å². The fourth-order valence-electron chi connectivity index (χ4n) is 3.39. The van der Waals surface area contributed by atoms with Gasteiger partial charge in [0.1, 0.15) is 11.0 Å². The highest BCUT2D eigenvalue weighted by Crippen LogP contribution is 2.39. The molecule has 0 fully saturated rings. The predicted octanol–water partition coefficient (Wildman–Crippen LogP) is 4.21. The van der Waals surface area contributed by atoms with E-state index in [-0.39, 0.29) is 11.9 Å². The minimum Gasteiger partial charge on any atom is -0.495 e. The third kappa shape index (κ3) is 3.97.